The van der Waals surface area contributed by atoms with E-state index in [-0.39, 0.29) is 16.7 Å². The summed E-state index contributed by atoms with van der Waals surface area (Å²) in [5, 5.41) is 14.5. The summed E-state index contributed by atoms with van der Waals surface area (Å²) < 4.78 is 0. The van der Waals surface area contributed by atoms with Crippen molar-refractivity contribution in [3.8, 4) is 5.75 Å². The van der Waals surface area contributed by atoms with Crippen LogP contribution in [0.3, 0.4) is 0 Å². The summed E-state index contributed by atoms with van der Waals surface area (Å²) in [4.78, 5) is 18.9. The Morgan fingerprint density at radius 1 is 1.08 bits per heavy atom. The third kappa shape index (κ3) is 2.96. The van der Waals surface area contributed by atoms with E-state index in [1.54, 1.807) is 0 Å². The van der Waals surface area contributed by atoms with Crippen molar-refractivity contribution >= 4 is 5.91 Å². The number of rotatable bonds is 3. The van der Waals surface area contributed by atoms with Crippen LogP contribution < -0.4 is 5.32 Å². The van der Waals surface area contributed by atoms with Gasteiger partial charge in [-0.05, 0) is 111 Å². The smallest absolute Gasteiger partial charge is 0.254 e. The number of nitrogens with zero attached hydrogens (tertiary/aromatic N) is 2. The fourth-order valence-corrected chi connectivity index (χ4v) is 10.7. The quantitative estimate of drug-likeness (QED) is 0.662. The number of hydrogen-bond donors (Lipinski definition) is 2. The van der Waals surface area contributed by atoms with Crippen LogP contribution in [0.2, 0.25) is 0 Å². The molecule has 8 rings (SSSR count). The van der Waals surface area contributed by atoms with Crippen LogP contribution in [0.5, 0.6) is 5.75 Å². The van der Waals surface area contributed by atoms with Crippen LogP contribution in [0.4, 0.5) is 0 Å². The summed E-state index contributed by atoms with van der Waals surface area (Å²) in [5.74, 6) is 1.69. The maximum atomic E-state index is 13.7. The van der Waals surface area contributed by atoms with Crippen LogP contribution in [0.15, 0.2) is 48.5 Å². The van der Waals surface area contributed by atoms with Crippen LogP contribution in [-0.4, -0.2) is 65.1 Å². The zero-order valence-electron chi connectivity index (χ0n) is 21.7. The van der Waals surface area contributed by atoms with Gasteiger partial charge in [-0.25, -0.2) is 0 Å². The molecule has 2 saturated carbocycles. The summed E-state index contributed by atoms with van der Waals surface area (Å²) in [7, 11) is 0. The van der Waals surface area contributed by atoms with Crippen LogP contribution in [0.1, 0.15) is 66.4 Å². The lowest BCUT2D eigenvalue weighted by molar-refractivity contribution is -0.103. The van der Waals surface area contributed by atoms with Gasteiger partial charge in [0.15, 0.2) is 0 Å². The lowest BCUT2D eigenvalue weighted by atomic mass is 9.43. The van der Waals surface area contributed by atoms with Crippen LogP contribution in [0.25, 0.3) is 0 Å². The molecule has 4 bridgehead atoms. The molecule has 5 fully saturated rings. The first-order valence-corrected chi connectivity index (χ1v) is 14.8. The average molecular weight is 498 g/mol. The number of piperidine rings is 2. The fourth-order valence-electron chi connectivity index (χ4n) is 10.7. The van der Waals surface area contributed by atoms with E-state index < -0.39 is 0 Å². The fraction of sp³-hybridized carbons (Fsp3) is 0.594. The number of likely N-dealkylation sites (tertiary alicyclic amines) is 2. The highest BCUT2D eigenvalue weighted by atomic mass is 16.3. The van der Waals surface area contributed by atoms with E-state index in [2.05, 4.69) is 27.2 Å². The summed E-state index contributed by atoms with van der Waals surface area (Å²) in [6.45, 7) is 4.38. The second kappa shape index (κ2) is 8.07. The Labute approximate surface area is 220 Å². The standard InChI is InChI=1S/C32H39N3O2/c36-25-10-9-22-16-28-31-12-11-27-29(23(18-31)19-35(27)30(37)21-6-2-1-3-7-21)32(31,26(22)17-25)13-15-34(28)20-24-8-4-5-14-33-24/h1-3,6-7,9-10,17,23-24,27-29,33,36H,4-5,8,11-16,18-20H2/t23-,24?,27?,28?,29?,31?,32?/m1/s1. The average Bonchev–Trinajstić information content (AvgIpc) is 3.38. The Morgan fingerprint density at radius 2 is 1.97 bits per heavy atom. The lowest BCUT2D eigenvalue weighted by Gasteiger charge is -2.66. The first kappa shape index (κ1) is 22.6. The summed E-state index contributed by atoms with van der Waals surface area (Å²) >= 11 is 0. The summed E-state index contributed by atoms with van der Waals surface area (Å²) in [6, 6.07) is 17.7. The molecule has 6 unspecified atom stereocenters. The maximum absolute atomic E-state index is 13.7. The minimum Gasteiger partial charge on any atom is -0.508 e. The molecule has 37 heavy (non-hydrogen) atoms. The minimum absolute atomic E-state index is 0.0831. The predicted molar refractivity (Wildman–Crippen MR) is 144 cm³/mol. The van der Waals surface area contributed by atoms with Gasteiger partial charge in [-0.15, -0.1) is 0 Å². The molecule has 1 amide bonds. The number of amides is 1. The summed E-state index contributed by atoms with van der Waals surface area (Å²) in [6.07, 6.45) is 9.81. The lowest BCUT2D eigenvalue weighted by Crippen LogP contribution is -2.70. The SMILES string of the molecule is O=C(c1ccccc1)N1C[C@H]2CC34CCC1C2C31CCN(CC2CCCCN2)C4Cc2ccc(O)cc21. The normalized spacial score (nSPS) is 39.8. The number of aromatic hydroxyl groups is 1. The number of phenolic OH excluding ortho intramolecular Hbond substituents is 1. The first-order valence-electron chi connectivity index (χ1n) is 14.8. The van der Waals surface area contributed by atoms with Crippen LogP contribution >= 0.6 is 0 Å². The van der Waals surface area contributed by atoms with Crippen molar-refractivity contribution in [3.05, 3.63) is 65.2 Å². The van der Waals surface area contributed by atoms with Gasteiger partial charge in [0.1, 0.15) is 5.75 Å². The van der Waals surface area contributed by atoms with Crippen molar-refractivity contribution in [1.29, 1.82) is 0 Å². The molecule has 3 heterocycles. The van der Waals surface area contributed by atoms with E-state index >= 15 is 0 Å². The highest BCUT2D eigenvalue weighted by molar-refractivity contribution is 5.94. The van der Waals surface area contributed by atoms with E-state index in [1.165, 1.54) is 49.8 Å². The molecule has 6 aliphatic rings. The van der Waals surface area contributed by atoms with Gasteiger partial charge in [-0.2, -0.15) is 0 Å². The number of nitrogens with one attached hydrogen (secondary N) is 1. The number of hydrogen-bond acceptors (Lipinski definition) is 4. The van der Waals surface area contributed by atoms with Crippen LogP contribution in [-0.2, 0) is 11.8 Å². The number of benzene rings is 2. The van der Waals surface area contributed by atoms with E-state index in [4.69, 9.17) is 0 Å². The monoisotopic (exact) mass is 497 g/mol. The summed E-state index contributed by atoms with van der Waals surface area (Å²) in [5.41, 5.74) is 4.07. The molecule has 0 spiro atoms. The zero-order valence-corrected chi connectivity index (χ0v) is 21.7. The molecular weight excluding hydrogens is 458 g/mol. The van der Waals surface area contributed by atoms with Crippen molar-refractivity contribution in [2.45, 2.75) is 74.9 Å². The molecule has 194 valence electrons. The van der Waals surface area contributed by atoms with Gasteiger partial charge in [0, 0.05) is 42.2 Å². The highest BCUT2D eigenvalue weighted by Gasteiger charge is 2.76. The van der Waals surface area contributed by atoms with E-state index in [0.29, 0.717) is 35.7 Å². The Kier molecular flexibility index (Phi) is 4.93. The molecule has 5 heteroatoms. The van der Waals surface area contributed by atoms with Gasteiger partial charge in [0.25, 0.3) is 5.91 Å². The molecule has 3 aliphatic heterocycles. The second-order valence-corrected chi connectivity index (χ2v) is 13.0. The van der Waals surface area contributed by atoms with Crippen molar-refractivity contribution in [2.24, 2.45) is 17.3 Å². The van der Waals surface area contributed by atoms with E-state index in [1.807, 2.05) is 36.4 Å². The van der Waals surface area contributed by atoms with Gasteiger partial charge in [-0.1, -0.05) is 30.7 Å². The van der Waals surface area contributed by atoms with Crippen molar-refractivity contribution in [3.63, 3.8) is 0 Å². The van der Waals surface area contributed by atoms with E-state index in [9.17, 15) is 9.90 Å². The molecule has 2 aromatic rings. The molecule has 0 aromatic heterocycles. The molecular formula is C32H39N3O2. The van der Waals surface area contributed by atoms with Gasteiger partial charge >= 0.3 is 0 Å². The molecule has 7 atom stereocenters. The Balaban J connectivity index is 1.21. The topological polar surface area (TPSA) is 55.8 Å². The van der Waals surface area contributed by atoms with Crippen LogP contribution in [0, 0.1) is 17.3 Å². The van der Waals surface area contributed by atoms with Gasteiger partial charge < -0.3 is 15.3 Å². The zero-order chi connectivity index (χ0) is 24.8. The number of carbonyl (C=O) groups is 1. The second-order valence-electron chi connectivity index (χ2n) is 13.0. The van der Waals surface area contributed by atoms with Crippen molar-refractivity contribution in [1.82, 2.24) is 15.1 Å². The van der Waals surface area contributed by atoms with Gasteiger partial charge in [0.2, 0.25) is 0 Å². The molecule has 3 aliphatic carbocycles. The Bertz CT molecular complexity index is 1230. The molecule has 2 N–H and O–H groups in total. The largest absolute Gasteiger partial charge is 0.508 e. The molecule has 3 saturated heterocycles. The first-order chi connectivity index (χ1) is 18.1. The van der Waals surface area contributed by atoms with E-state index in [0.717, 1.165) is 44.5 Å². The Morgan fingerprint density at radius 3 is 2.81 bits per heavy atom. The van der Waals surface area contributed by atoms with Gasteiger partial charge in [-0.3, -0.25) is 9.69 Å². The Hall–Kier alpha value is -2.37. The predicted octanol–water partition coefficient (Wildman–Crippen LogP) is 4.34. The van der Waals surface area contributed by atoms with Crippen molar-refractivity contribution < 1.29 is 9.90 Å². The number of fused-ring (bicyclic) bond motifs is 1. The maximum Gasteiger partial charge on any atom is 0.254 e. The molecule has 2 aromatic carbocycles. The number of carbonyl (C=O) groups excluding carboxylic acids is 1. The minimum atomic E-state index is 0.0831. The van der Waals surface area contributed by atoms with Gasteiger partial charge in [0.05, 0.1) is 0 Å². The third-order valence-electron chi connectivity index (χ3n) is 11.7. The highest BCUT2D eigenvalue weighted by Crippen LogP contribution is 2.75. The third-order valence-corrected chi connectivity index (χ3v) is 11.7. The number of phenols is 1. The molecule has 5 nitrogen and oxygen atoms in total. The van der Waals surface area contributed by atoms with Crippen molar-refractivity contribution in [2.75, 3.05) is 26.2 Å². The molecule has 0 radical (unpaired) electrons.